The molecule has 2 nitrogen and oxygen atoms in total. The summed E-state index contributed by atoms with van der Waals surface area (Å²) in [4.78, 5) is 0. The van der Waals surface area contributed by atoms with Crippen LogP contribution in [0.4, 0.5) is 0 Å². The molecule has 0 aliphatic carbocycles. The Balaban J connectivity index is 2.45. The summed E-state index contributed by atoms with van der Waals surface area (Å²) in [7, 11) is 0. The first-order chi connectivity index (χ1) is 10.2. The van der Waals surface area contributed by atoms with Crippen molar-refractivity contribution >= 4 is 11.6 Å². The van der Waals surface area contributed by atoms with Crippen molar-refractivity contribution in [2.75, 3.05) is 13.2 Å². The van der Waals surface area contributed by atoms with E-state index in [1.54, 1.807) is 0 Å². The number of likely N-dealkylation sites (N-methyl/N-ethyl adjacent to an activating group) is 1. The zero-order chi connectivity index (χ0) is 15.5. The van der Waals surface area contributed by atoms with Crippen LogP contribution in [0.1, 0.15) is 52.9 Å². The topological polar surface area (TPSA) is 21.3 Å². The maximum absolute atomic E-state index is 5.90. The average molecular weight is 312 g/mol. The van der Waals surface area contributed by atoms with Gasteiger partial charge in [-0.1, -0.05) is 58.1 Å². The quantitative estimate of drug-likeness (QED) is 0.598. The molecule has 0 amide bonds. The van der Waals surface area contributed by atoms with Crippen molar-refractivity contribution in [2.24, 2.45) is 5.92 Å². The molecule has 2 unspecified atom stereocenters. The minimum atomic E-state index is 0.424. The highest BCUT2D eigenvalue weighted by Gasteiger charge is 2.15. The van der Waals surface area contributed by atoms with E-state index in [0.717, 1.165) is 29.8 Å². The molecule has 1 aromatic rings. The van der Waals surface area contributed by atoms with E-state index in [1.165, 1.54) is 32.1 Å². The van der Waals surface area contributed by atoms with E-state index in [4.69, 9.17) is 16.3 Å². The average Bonchev–Trinajstić information content (AvgIpc) is 2.50. The number of benzene rings is 1. The van der Waals surface area contributed by atoms with E-state index in [-0.39, 0.29) is 0 Å². The number of halogens is 1. The van der Waals surface area contributed by atoms with Gasteiger partial charge in [-0.05, 0) is 43.1 Å². The Bertz CT molecular complexity index is 366. The van der Waals surface area contributed by atoms with E-state index in [1.807, 2.05) is 24.3 Å². The van der Waals surface area contributed by atoms with Gasteiger partial charge in [-0.25, -0.2) is 0 Å². The fourth-order valence-corrected chi connectivity index (χ4v) is 2.74. The molecule has 0 heterocycles. The van der Waals surface area contributed by atoms with Crippen molar-refractivity contribution in [3.05, 3.63) is 29.3 Å². The van der Waals surface area contributed by atoms with Crippen molar-refractivity contribution in [3.63, 3.8) is 0 Å². The molecule has 0 fully saturated rings. The van der Waals surface area contributed by atoms with Crippen LogP contribution >= 0.6 is 11.6 Å². The molecular formula is C18H30ClNO. The second-order valence-corrected chi connectivity index (χ2v) is 6.11. The summed E-state index contributed by atoms with van der Waals surface area (Å²) < 4.78 is 5.90. The zero-order valence-corrected chi connectivity index (χ0v) is 14.5. The lowest BCUT2D eigenvalue weighted by Gasteiger charge is -2.23. The Kier molecular flexibility index (Phi) is 9.53. The number of rotatable bonds is 11. The molecule has 1 aromatic carbocycles. The van der Waals surface area contributed by atoms with Gasteiger partial charge in [-0.3, -0.25) is 0 Å². The molecule has 2 atom stereocenters. The molecule has 1 rings (SSSR count). The van der Waals surface area contributed by atoms with Gasteiger partial charge in [0.2, 0.25) is 0 Å². The molecule has 0 bridgehead atoms. The van der Waals surface area contributed by atoms with Crippen molar-refractivity contribution < 1.29 is 4.74 Å². The first kappa shape index (κ1) is 18.3. The van der Waals surface area contributed by atoms with Gasteiger partial charge in [0, 0.05) is 11.1 Å². The van der Waals surface area contributed by atoms with Crippen LogP contribution in [0.2, 0.25) is 5.02 Å². The summed E-state index contributed by atoms with van der Waals surface area (Å²) in [5.74, 6) is 1.69. The lowest BCUT2D eigenvalue weighted by atomic mass is 9.92. The monoisotopic (exact) mass is 311 g/mol. The number of hydrogen-bond donors (Lipinski definition) is 1. The van der Waals surface area contributed by atoms with Gasteiger partial charge >= 0.3 is 0 Å². The van der Waals surface area contributed by atoms with E-state index < -0.39 is 0 Å². The molecule has 0 radical (unpaired) electrons. The Labute approximate surface area is 135 Å². The Morgan fingerprint density at radius 3 is 2.43 bits per heavy atom. The van der Waals surface area contributed by atoms with Crippen molar-refractivity contribution in [3.8, 4) is 5.75 Å². The first-order valence-corrected chi connectivity index (χ1v) is 8.69. The third kappa shape index (κ3) is 7.73. The third-order valence-electron chi connectivity index (χ3n) is 3.92. The second-order valence-electron chi connectivity index (χ2n) is 5.67. The van der Waals surface area contributed by atoms with Crippen LogP contribution in [-0.4, -0.2) is 19.2 Å². The highest BCUT2D eigenvalue weighted by Crippen LogP contribution is 2.20. The van der Waals surface area contributed by atoms with Gasteiger partial charge in [0.15, 0.2) is 0 Å². The lowest BCUT2D eigenvalue weighted by Crippen LogP contribution is -2.36. The van der Waals surface area contributed by atoms with E-state index >= 15 is 0 Å². The first-order valence-electron chi connectivity index (χ1n) is 8.31. The lowest BCUT2D eigenvalue weighted by molar-refractivity contribution is 0.233. The van der Waals surface area contributed by atoms with Crippen LogP contribution in [0.25, 0.3) is 0 Å². The maximum Gasteiger partial charge on any atom is 0.119 e. The van der Waals surface area contributed by atoms with Crippen LogP contribution in [-0.2, 0) is 0 Å². The van der Waals surface area contributed by atoms with E-state index in [9.17, 15) is 0 Å². The molecule has 3 heteroatoms. The molecule has 0 aromatic heterocycles. The smallest absolute Gasteiger partial charge is 0.119 e. The van der Waals surface area contributed by atoms with Gasteiger partial charge < -0.3 is 10.1 Å². The van der Waals surface area contributed by atoms with Crippen molar-refractivity contribution in [1.29, 1.82) is 0 Å². The van der Waals surface area contributed by atoms with Gasteiger partial charge in [-0.2, -0.15) is 0 Å². The van der Waals surface area contributed by atoms with Gasteiger partial charge in [0.05, 0.1) is 0 Å². The highest BCUT2D eigenvalue weighted by molar-refractivity contribution is 6.30. The van der Waals surface area contributed by atoms with E-state index in [2.05, 4.69) is 26.1 Å². The normalized spacial score (nSPS) is 13.9. The maximum atomic E-state index is 5.90. The Morgan fingerprint density at radius 2 is 1.86 bits per heavy atom. The predicted molar refractivity (Wildman–Crippen MR) is 92.3 cm³/mol. The summed E-state index contributed by atoms with van der Waals surface area (Å²) in [6.45, 7) is 8.42. The molecular weight excluding hydrogens is 282 g/mol. The van der Waals surface area contributed by atoms with Gasteiger partial charge in [0.1, 0.15) is 12.4 Å². The molecule has 0 aliphatic rings. The van der Waals surface area contributed by atoms with Crippen LogP contribution in [0.3, 0.4) is 0 Å². The molecule has 21 heavy (non-hydrogen) atoms. The third-order valence-corrected chi connectivity index (χ3v) is 4.17. The molecule has 0 saturated carbocycles. The van der Waals surface area contributed by atoms with Crippen molar-refractivity contribution in [2.45, 2.75) is 58.9 Å². The van der Waals surface area contributed by atoms with Crippen LogP contribution in [0.15, 0.2) is 24.3 Å². The second kappa shape index (κ2) is 10.9. The minimum Gasteiger partial charge on any atom is -0.492 e. The summed E-state index contributed by atoms with van der Waals surface area (Å²) >= 11 is 5.89. The molecule has 0 saturated heterocycles. The number of hydrogen-bond acceptors (Lipinski definition) is 2. The number of nitrogens with one attached hydrogen (secondary N) is 1. The highest BCUT2D eigenvalue weighted by atomic mass is 35.5. The van der Waals surface area contributed by atoms with E-state index in [0.29, 0.717) is 6.04 Å². The summed E-state index contributed by atoms with van der Waals surface area (Å²) in [6.07, 6.45) is 6.38. The van der Waals surface area contributed by atoms with Gasteiger partial charge in [-0.15, -0.1) is 0 Å². The summed E-state index contributed by atoms with van der Waals surface area (Å²) in [6, 6.07) is 8.02. The fraction of sp³-hybridized carbons (Fsp3) is 0.667. The number of unbranched alkanes of at least 4 members (excludes halogenated alkanes) is 1. The Morgan fingerprint density at radius 1 is 1.14 bits per heavy atom. The van der Waals surface area contributed by atoms with Crippen LogP contribution in [0, 0.1) is 5.92 Å². The minimum absolute atomic E-state index is 0.424. The fourth-order valence-electron chi connectivity index (χ4n) is 2.61. The van der Waals surface area contributed by atoms with Crippen LogP contribution in [0.5, 0.6) is 5.75 Å². The largest absolute Gasteiger partial charge is 0.492 e. The van der Waals surface area contributed by atoms with Crippen LogP contribution < -0.4 is 10.1 Å². The Hall–Kier alpha value is -0.730. The SMILES string of the molecule is CCCCC(CC)CC(COc1ccc(Cl)cc1)NCC. The molecule has 0 aliphatic heterocycles. The predicted octanol–water partition coefficient (Wildman–Crippen LogP) is 5.30. The molecule has 1 N–H and O–H groups in total. The van der Waals surface area contributed by atoms with Crippen molar-refractivity contribution in [1.82, 2.24) is 5.32 Å². The molecule has 0 spiro atoms. The molecule has 120 valence electrons. The standard InChI is InChI=1S/C18H30ClNO/c1-4-7-8-15(5-2)13-17(20-6-3)14-21-18-11-9-16(19)10-12-18/h9-12,15,17,20H,4-8,13-14H2,1-3H3. The summed E-state index contributed by atoms with van der Waals surface area (Å²) in [5.41, 5.74) is 0. The van der Waals surface area contributed by atoms with Gasteiger partial charge in [0.25, 0.3) is 0 Å². The zero-order valence-electron chi connectivity index (χ0n) is 13.7. The number of ether oxygens (including phenoxy) is 1. The summed E-state index contributed by atoms with van der Waals surface area (Å²) in [5, 5.41) is 4.30.